The number of carbonyl (C=O) groups excluding carboxylic acids is 5. The SMILES string of the molecule is C=CCNC(=O)C(=O)[C@H](CC(F)F)NC(=O)[C@@H]1[C@H]2CCC[C@H]2CN1C(=O)[C@@H](NC(=O)N[C@H](CN(C)S(=O)(=O)C(C)(C)C)C(C)(C)C)C(C)(C)C. The van der Waals surface area contributed by atoms with Crippen LogP contribution in [0.5, 0.6) is 0 Å². The van der Waals surface area contributed by atoms with Crippen LogP contribution in [0.4, 0.5) is 13.6 Å². The van der Waals surface area contributed by atoms with Crippen LogP contribution < -0.4 is 21.3 Å². The van der Waals surface area contributed by atoms with Gasteiger partial charge in [0.05, 0.1) is 4.75 Å². The molecule has 50 heavy (non-hydrogen) atoms. The molecular formula is C34H58F2N6O7S. The fourth-order valence-electron chi connectivity index (χ4n) is 6.45. The van der Waals surface area contributed by atoms with E-state index in [1.165, 1.54) is 22.3 Å². The van der Waals surface area contributed by atoms with Crippen molar-refractivity contribution in [1.82, 2.24) is 30.5 Å². The van der Waals surface area contributed by atoms with Crippen molar-refractivity contribution in [2.75, 3.05) is 26.7 Å². The van der Waals surface area contributed by atoms with E-state index < -0.39 is 92.1 Å². The largest absolute Gasteiger partial charge is 0.346 e. The highest BCUT2D eigenvalue weighted by atomic mass is 32.2. The maximum absolute atomic E-state index is 14.4. The summed E-state index contributed by atoms with van der Waals surface area (Å²) in [7, 11) is -2.27. The summed E-state index contributed by atoms with van der Waals surface area (Å²) in [4.78, 5) is 68.3. The van der Waals surface area contributed by atoms with Crippen molar-refractivity contribution in [3.8, 4) is 0 Å². The number of nitrogens with zero attached hydrogens (tertiary/aromatic N) is 2. The average Bonchev–Trinajstić information content (AvgIpc) is 3.57. The number of hydrogen-bond acceptors (Lipinski definition) is 7. The van der Waals surface area contributed by atoms with Gasteiger partial charge in [-0.05, 0) is 56.3 Å². The van der Waals surface area contributed by atoms with Gasteiger partial charge in [-0.1, -0.05) is 54.0 Å². The minimum atomic E-state index is -3.72. The van der Waals surface area contributed by atoms with Gasteiger partial charge < -0.3 is 26.2 Å². The number of hydrogen-bond donors (Lipinski definition) is 4. The number of ketones is 1. The molecule has 0 aromatic carbocycles. The third-order valence-corrected chi connectivity index (χ3v) is 12.0. The summed E-state index contributed by atoms with van der Waals surface area (Å²) in [6, 6.07) is -5.48. The van der Waals surface area contributed by atoms with E-state index in [4.69, 9.17) is 0 Å². The van der Waals surface area contributed by atoms with E-state index >= 15 is 0 Å². The molecule has 1 saturated carbocycles. The molecule has 1 saturated heterocycles. The molecule has 4 N–H and O–H groups in total. The maximum Gasteiger partial charge on any atom is 0.315 e. The number of halogens is 2. The number of rotatable bonds is 14. The van der Waals surface area contributed by atoms with Crippen LogP contribution in [0.1, 0.15) is 88.0 Å². The van der Waals surface area contributed by atoms with E-state index in [0.29, 0.717) is 6.42 Å². The minimum Gasteiger partial charge on any atom is -0.346 e. The number of sulfonamides is 1. The maximum atomic E-state index is 14.4. The van der Waals surface area contributed by atoms with E-state index in [-0.39, 0.29) is 31.5 Å². The fraction of sp³-hybridized carbons (Fsp3) is 0.794. The molecule has 0 bridgehead atoms. The molecule has 2 rings (SSSR count). The predicted octanol–water partition coefficient (Wildman–Crippen LogP) is 2.81. The van der Waals surface area contributed by atoms with Crippen LogP contribution in [0.15, 0.2) is 12.7 Å². The summed E-state index contributed by atoms with van der Waals surface area (Å²) in [6.45, 7) is 19.0. The Kier molecular flexibility index (Phi) is 14.2. The molecule has 0 radical (unpaired) electrons. The lowest BCUT2D eigenvalue weighted by Crippen LogP contribution is -2.62. The number of urea groups is 1. The molecule has 16 heteroatoms. The van der Waals surface area contributed by atoms with Gasteiger partial charge >= 0.3 is 6.03 Å². The van der Waals surface area contributed by atoms with E-state index in [0.717, 1.165) is 12.8 Å². The van der Waals surface area contributed by atoms with Crippen molar-refractivity contribution in [2.24, 2.45) is 22.7 Å². The number of carbonyl (C=O) groups is 5. The van der Waals surface area contributed by atoms with Gasteiger partial charge in [0.15, 0.2) is 0 Å². The first-order chi connectivity index (χ1) is 22.7. The number of amides is 5. The van der Waals surface area contributed by atoms with Gasteiger partial charge in [-0.3, -0.25) is 19.2 Å². The first-order valence-electron chi connectivity index (χ1n) is 17.1. The Morgan fingerprint density at radius 1 is 0.940 bits per heavy atom. The molecule has 2 fully saturated rings. The van der Waals surface area contributed by atoms with Gasteiger partial charge in [0.1, 0.15) is 18.1 Å². The zero-order chi connectivity index (χ0) is 38.6. The van der Waals surface area contributed by atoms with E-state index in [2.05, 4.69) is 27.8 Å². The highest BCUT2D eigenvalue weighted by molar-refractivity contribution is 7.90. The molecule has 0 unspecified atom stereocenters. The molecule has 0 aromatic rings. The van der Waals surface area contributed by atoms with Crippen molar-refractivity contribution < 1.29 is 41.2 Å². The molecule has 0 spiro atoms. The molecule has 0 aromatic heterocycles. The van der Waals surface area contributed by atoms with Crippen LogP contribution in [0, 0.1) is 22.7 Å². The Labute approximate surface area is 296 Å². The van der Waals surface area contributed by atoms with Crippen LogP contribution in [0.3, 0.4) is 0 Å². The van der Waals surface area contributed by atoms with Crippen molar-refractivity contribution in [3.05, 3.63) is 12.7 Å². The van der Waals surface area contributed by atoms with Crippen molar-refractivity contribution >= 4 is 39.6 Å². The van der Waals surface area contributed by atoms with E-state index in [1.54, 1.807) is 41.5 Å². The van der Waals surface area contributed by atoms with Crippen molar-refractivity contribution in [1.29, 1.82) is 0 Å². The number of fused-ring (bicyclic) bond motifs is 1. The second-order valence-corrected chi connectivity index (χ2v) is 19.4. The Hall–Kier alpha value is -3.14. The smallest absolute Gasteiger partial charge is 0.315 e. The third-order valence-electron chi connectivity index (χ3n) is 9.48. The molecule has 13 nitrogen and oxygen atoms in total. The molecular weight excluding hydrogens is 674 g/mol. The van der Waals surface area contributed by atoms with Crippen LogP contribution in [-0.4, -0.2) is 109 Å². The average molecular weight is 733 g/mol. The zero-order valence-corrected chi connectivity index (χ0v) is 32.0. The second-order valence-electron chi connectivity index (χ2n) is 16.6. The first kappa shape index (κ1) is 43.0. The van der Waals surface area contributed by atoms with Crippen LogP contribution >= 0.6 is 0 Å². The lowest BCUT2D eigenvalue weighted by atomic mass is 9.85. The van der Waals surface area contributed by atoms with Gasteiger partial charge in [0.2, 0.25) is 34.0 Å². The Morgan fingerprint density at radius 2 is 1.54 bits per heavy atom. The number of alkyl halides is 2. The Morgan fingerprint density at radius 3 is 2.04 bits per heavy atom. The molecule has 1 heterocycles. The number of nitrogens with one attached hydrogen (secondary N) is 4. The predicted molar refractivity (Wildman–Crippen MR) is 187 cm³/mol. The Bertz CT molecular complexity index is 1390. The monoisotopic (exact) mass is 732 g/mol. The molecule has 1 aliphatic heterocycles. The number of Topliss-reactive ketones (excluding diaryl/α,β-unsaturated/α-hetero) is 1. The third kappa shape index (κ3) is 10.7. The second kappa shape index (κ2) is 16.5. The minimum absolute atomic E-state index is 0.0352. The lowest BCUT2D eigenvalue weighted by molar-refractivity contribution is -0.145. The summed E-state index contributed by atoms with van der Waals surface area (Å²) in [5.41, 5.74) is -1.46. The topological polar surface area (TPSA) is 174 Å². The molecule has 286 valence electrons. The van der Waals surface area contributed by atoms with Crippen LogP contribution in [0.2, 0.25) is 0 Å². The number of likely N-dealkylation sites (N-methyl/N-ethyl adjacent to an activating group) is 1. The first-order valence-corrected chi connectivity index (χ1v) is 18.5. The van der Waals surface area contributed by atoms with Gasteiger partial charge in [-0.25, -0.2) is 26.3 Å². The highest BCUT2D eigenvalue weighted by Crippen LogP contribution is 2.43. The van der Waals surface area contributed by atoms with Crippen molar-refractivity contribution in [3.63, 3.8) is 0 Å². The quantitative estimate of drug-likeness (QED) is 0.157. The van der Waals surface area contributed by atoms with Crippen LogP contribution in [0.25, 0.3) is 0 Å². The van der Waals surface area contributed by atoms with Gasteiger partial charge in [0, 0.05) is 39.1 Å². The standard InChI is InChI=1S/C34H58F2N6O7S/c1-12-16-37-29(45)26(43)22(17-24(35)36)38-28(44)25-21-15-13-14-20(21)18-42(25)30(46)27(33(5,6)7)40-31(47)39-23(32(2,3)4)19-41(11)50(48,49)34(8,9)10/h12,20-25,27H,1,13-19H2,2-11H3,(H,37,45)(H,38,44)(H2,39,40,47)/t20-,21-,22-,23+,25-,27+/m0/s1. The number of likely N-dealkylation sites (tertiary alicyclic amines) is 1. The fourth-order valence-corrected chi connectivity index (χ4v) is 7.73. The summed E-state index contributed by atoms with van der Waals surface area (Å²) >= 11 is 0. The zero-order valence-electron chi connectivity index (χ0n) is 31.2. The molecule has 2 aliphatic rings. The van der Waals surface area contributed by atoms with Gasteiger partial charge in [-0.15, -0.1) is 6.58 Å². The van der Waals surface area contributed by atoms with E-state index in [9.17, 15) is 41.2 Å². The molecule has 1 aliphatic carbocycles. The Balaban J connectivity index is 2.37. The van der Waals surface area contributed by atoms with Crippen LogP contribution in [-0.2, 0) is 29.2 Å². The molecule has 5 amide bonds. The normalized spacial score (nSPS) is 21.6. The lowest BCUT2D eigenvalue weighted by Gasteiger charge is -2.38. The molecule has 6 atom stereocenters. The van der Waals surface area contributed by atoms with Gasteiger partial charge in [-0.2, -0.15) is 0 Å². The highest BCUT2D eigenvalue weighted by Gasteiger charge is 2.52. The van der Waals surface area contributed by atoms with Gasteiger partial charge in [0.25, 0.3) is 5.91 Å². The summed E-state index contributed by atoms with van der Waals surface area (Å²) in [5, 5.41) is 10.2. The van der Waals surface area contributed by atoms with E-state index in [1.807, 2.05) is 20.8 Å². The summed E-state index contributed by atoms with van der Waals surface area (Å²) in [6.07, 6.45) is -0.668. The summed E-state index contributed by atoms with van der Waals surface area (Å²) < 4.78 is 53.3. The van der Waals surface area contributed by atoms with Crippen molar-refractivity contribution in [2.45, 2.75) is 123 Å². The summed E-state index contributed by atoms with van der Waals surface area (Å²) in [5.74, 6) is -4.14.